The van der Waals surface area contributed by atoms with Crippen LogP contribution in [0.2, 0.25) is 0 Å². The lowest BCUT2D eigenvalue weighted by Gasteiger charge is -2.61. The number of nitrogens with one attached hydrogen (secondary N) is 2. The van der Waals surface area contributed by atoms with Crippen molar-refractivity contribution >= 4 is 12.0 Å². The molecule has 6 rings (SSSR count). The van der Waals surface area contributed by atoms with Gasteiger partial charge in [-0.2, -0.15) is 0 Å². The van der Waals surface area contributed by atoms with E-state index >= 15 is 0 Å². The molecule has 4 fully saturated rings. The number of hydrogen-bond donors (Lipinski definition) is 3. The summed E-state index contributed by atoms with van der Waals surface area (Å²) in [5, 5.41) is 6.57. The lowest BCUT2D eigenvalue weighted by molar-refractivity contribution is -0.148. The fourth-order valence-electron chi connectivity index (χ4n) is 7.08. The number of fused-ring (bicyclic) bond motifs is 1. The molecule has 32 heavy (non-hydrogen) atoms. The zero-order chi connectivity index (χ0) is 22.2. The van der Waals surface area contributed by atoms with Crippen LogP contribution in [0.3, 0.4) is 0 Å². The van der Waals surface area contributed by atoms with Gasteiger partial charge in [0.05, 0.1) is 6.54 Å². The third-order valence-electron chi connectivity index (χ3n) is 8.02. The summed E-state index contributed by atoms with van der Waals surface area (Å²) in [5.74, 6) is 1.30. The fraction of sp³-hybridized carbons (Fsp3) is 0.680. The number of nitrogens with two attached hydrogens (primary N) is 1. The van der Waals surface area contributed by atoms with Gasteiger partial charge in [-0.3, -0.25) is 4.79 Å². The Morgan fingerprint density at radius 2 is 1.75 bits per heavy atom. The maximum Gasteiger partial charge on any atom is 0.407 e. The molecule has 2 unspecified atom stereocenters. The average molecular weight is 441 g/mol. The Morgan fingerprint density at radius 3 is 2.41 bits per heavy atom. The molecule has 1 heterocycles. The predicted octanol–water partition coefficient (Wildman–Crippen LogP) is 2.67. The summed E-state index contributed by atoms with van der Waals surface area (Å²) in [4.78, 5) is 27.4. The van der Waals surface area contributed by atoms with Gasteiger partial charge in [0.25, 0.3) is 0 Å². The van der Waals surface area contributed by atoms with Crippen LogP contribution in [0.4, 0.5) is 4.79 Å². The Kier molecular flexibility index (Phi) is 5.88. The van der Waals surface area contributed by atoms with Gasteiger partial charge in [-0.05, 0) is 74.5 Å². The Morgan fingerprint density at radius 1 is 1.06 bits per heavy atom. The topological polar surface area (TPSA) is 96.7 Å². The van der Waals surface area contributed by atoms with E-state index in [0.717, 1.165) is 44.9 Å². The molecule has 7 heteroatoms. The molecular weight excluding hydrogens is 404 g/mol. The zero-order valence-electron chi connectivity index (χ0n) is 18.9. The second-order valence-corrected chi connectivity index (χ2v) is 10.6. The van der Waals surface area contributed by atoms with E-state index in [1.165, 1.54) is 17.5 Å². The molecule has 4 bridgehead atoms. The highest BCUT2D eigenvalue weighted by Gasteiger charge is 2.59. The van der Waals surface area contributed by atoms with E-state index in [4.69, 9.17) is 10.5 Å². The van der Waals surface area contributed by atoms with Crippen LogP contribution in [-0.4, -0.2) is 47.7 Å². The minimum absolute atomic E-state index is 0.0911. The average Bonchev–Trinajstić information content (AvgIpc) is 3.18. The van der Waals surface area contributed by atoms with E-state index in [-0.39, 0.29) is 23.1 Å². The molecule has 0 saturated heterocycles. The Labute approximate surface area is 190 Å². The van der Waals surface area contributed by atoms with Gasteiger partial charge in [0.2, 0.25) is 5.91 Å². The monoisotopic (exact) mass is 440 g/mol. The summed E-state index contributed by atoms with van der Waals surface area (Å²) in [5.41, 5.74) is 7.55. The molecule has 1 aliphatic heterocycles. The zero-order valence-corrected chi connectivity index (χ0v) is 18.9. The lowest BCUT2D eigenvalue weighted by Crippen LogP contribution is -2.66. The summed E-state index contributed by atoms with van der Waals surface area (Å²) in [6, 6.07) is 8.29. The van der Waals surface area contributed by atoms with Crippen molar-refractivity contribution < 1.29 is 14.3 Å². The third-order valence-corrected chi connectivity index (χ3v) is 8.02. The molecule has 174 valence electrons. The Balaban J connectivity index is 1.18. The van der Waals surface area contributed by atoms with Crippen LogP contribution in [0.1, 0.15) is 62.5 Å². The summed E-state index contributed by atoms with van der Waals surface area (Å²) in [6.07, 6.45) is 7.59. The fourth-order valence-corrected chi connectivity index (χ4v) is 7.08. The quantitative estimate of drug-likeness (QED) is 0.540. The number of hydrogen-bond acceptors (Lipinski definition) is 5. The number of carbonyl (C=O) groups excluding carboxylic acids is 2. The van der Waals surface area contributed by atoms with Crippen LogP contribution in [0.25, 0.3) is 0 Å². The Hall–Kier alpha value is -2.12. The minimum Gasteiger partial charge on any atom is -0.443 e. The van der Waals surface area contributed by atoms with E-state index in [9.17, 15) is 9.59 Å². The SMILES string of the molecule is NCCCCNC(=O)OC12CC3CC(CC(NCC(=O)N4Cc5ccccc5C4)(C3)C1)C2. The predicted molar refractivity (Wildman–Crippen MR) is 122 cm³/mol. The molecule has 1 aromatic carbocycles. The molecule has 0 spiro atoms. The second-order valence-electron chi connectivity index (χ2n) is 10.6. The van der Waals surface area contributed by atoms with Crippen LogP contribution in [0.5, 0.6) is 0 Å². The van der Waals surface area contributed by atoms with Gasteiger partial charge in [-0.1, -0.05) is 24.3 Å². The smallest absolute Gasteiger partial charge is 0.407 e. The number of amides is 2. The molecule has 4 aliphatic carbocycles. The number of ether oxygens (including phenoxy) is 1. The van der Waals surface area contributed by atoms with E-state index in [2.05, 4.69) is 22.8 Å². The van der Waals surface area contributed by atoms with Gasteiger partial charge in [-0.15, -0.1) is 0 Å². The number of alkyl carbamates (subject to hydrolysis) is 1. The first kappa shape index (κ1) is 21.7. The van der Waals surface area contributed by atoms with Crippen molar-refractivity contribution in [1.29, 1.82) is 0 Å². The molecule has 2 atom stereocenters. The highest BCUT2D eigenvalue weighted by molar-refractivity contribution is 5.79. The maximum absolute atomic E-state index is 13.0. The van der Waals surface area contributed by atoms with Crippen LogP contribution < -0.4 is 16.4 Å². The largest absolute Gasteiger partial charge is 0.443 e. The highest BCUT2D eigenvalue weighted by atomic mass is 16.6. The second kappa shape index (κ2) is 8.67. The molecule has 4 N–H and O–H groups in total. The van der Waals surface area contributed by atoms with Crippen LogP contribution in [-0.2, 0) is 22.6 Å². The summed E-state index contributed by atoms with van der Waals surface area (Å²) < 4.78 is 6.09. The number of carbonyl (C=O) groups is 2. The number of unbranched alkanes of at least 4 members (excludes halogenated alkanes) is 1. The van der Waals surface area contributed by atoms with E-state index in [1.54, 1.807) is 0 Å². The van der Waals surface area contributed by atoms with Gasteiger partial charge in [0, 0.05) is 31.6 Å². The molecule has 7 nitrogen and oxygen atoms in total. The van der Waals surface area contributed by atoms with E-state index in [1.807, 2.05) is 17.0 Å². The van der Waals surface area contributed by atoms with Crippen LogP contribution in [0, 0.1) is 11.8 Å². The van der Waals surface area contributed by atoms with Crippen molar-refractivity contribution in [3.63, 3.8) is 0 Å². The number of nitrogens with zero attached hydrogens (tertiary/aromatic N) is 1. The molecule has 0 aromatic heterocycles. The number of rotatable bonds is 8. The van der Waals surface area contributed by atoms with Crippen molar-refractivity contribution in [2.24, 2.45) is 17.6 Å². The molecule has 5 aliphatic rings. The lowest BCUT2D eigenvalue weighted by atomic mass is 9.51. The normalized spacial score (nSPS) is 32.1. The first-order chi connectivity index (χ1) is 15.5. The summed E-state index contributed by atoms with van der Waals surface area (Å²) in [7, 11) is 0. The first-order valence-corrected chi connectivity index (χ1v) is 12.2. The number of benzene rings is 1. The van der Waals surface area contributed by atoms with Crippen molar-refractivity contribution in [3.8, 4) is 0 Å². The first-order valence-electron chi connectivity index (χ1n) is 12.2. The van der Waals surface area contributed by atoms with Gasteiger partial charge < -0.3 is 26.0 Å². The van der Waals surface area contributed by atoms with Crippen LogP contribution >= 0.6 is 0 Å². The van der Waals surface area contributed by atoms with E-state index < -0.39 is 0 Å². The van der Waals surface area contributed by atoms with Gasteiger partial charge in [-0.25, -0.2) is 4.79 Å². The van der Waals surface area contributed by atoms with Crippen molar-refractivity contribution in [1.82, 2.24) is 15.5 Å². The maximum atomic E-state index is 13.0. The summed E-state index contributed by atoms with van der Waals surface area (Å²) >= 11 is 0. The molecule has 0 radical (unpaired) electrons. The molecule has 4 saturated carbocycles. The molecular formula is C25H36N4O3. The third kappa shape index (κ3) is 4.37. The van der Waals surface area contributed by atoms with Gasteiger partial charge >= 0.3 is 6.09 Å². The van der Waals surface area contributed by atoms with Gasteiger partial charge in [0.1, 0.15) is 5.60 Å². The van der Waals surface area contributed by atoms with Crippen molar-refractivity contribution in [2.45, 2.75) is 75.6 Å². The highest BCUT2D eigenvalue weighted by Crippen LogP contribution is 2.58. The van der Waals surface area contributed by atoms with Crippen LogP contribution in [0.15, 0.2) is 24.3 Å². The molecule has 1 aromatic rings. The van der Waals surface area contributed by atoms with Crippen molar-refractivity contribution in [2.75, 3.05) is 19.6 Å². The minimum atomic E-state index is -0.387. The van der Waals surface area contributed by atoms with Gasteiger partial charge in [0.15, 0.2) is 0 Å². The molecule has 2 amide bonds. The van der Waals surface area contributed by atoms with Crippen molar-refractivity contribution in [3.05, 3.63) is 35.4 Å². The standard InChI is InChI=1S/C25H36N4O3/c26-7-3-4-8-27-23(31)32-25-12-18-9-19(13-25)11-24(10-18,17-25)28-14-22(30)29-15-20-5-1-2-6-21(20)16-29/h1-2,5-6,18-19,28H,3-4,7-17,26H2,(H,27,31). The summed E-state index contributed by atoms with van der Waals surface area (Å²) in [6.45, 7) is 3.00. The Bertz CT molecular complexity index is 833. The van der Waals surface area contributed by atoms with E-state index in [0.29, 0.717) is 44.6 Å².